The minimum absolute atomic E-state index is 0.0950. The van der Waals surface area contributed by atoms with Crippen molar-refractivity contribution in [2.45, 2.75) is 26.0 Å². The zero-order chi connectivity index (χ0) is 23.6. The number of aromatic nitrogens is 4. The summed E-state index contributed by atoms with van der Waals surface area (Å²) in [6.07, 6.45) is 5.49. The van der Waals surface area contributed by atoms with Gasteiger partial charge >= 0.3 is 0 Å². The third-order valence-electron chi connectivity index (χ3n) is 6.88. The Balaban J connectivity index is 1.47. The lowest BCUT2D eigenvalue weighted by Crippen LogP contribution is -2.41. The van der Waals surface area contributed by atoms with Gasteiger partial charge in [0.1, 0.15) is 11.5 Å². The monoisotopic (exact) mass is 460 g/mol. The third kappa shape index (κ3) is 3.11. The number of fused-ring (bicyclic) bond motifs is 2. The first-order valence-electron chi connectivity index (χ1n) is 11.4. The smallest absolute Gasteiger partial charge is 0.280 e. The Kier molecular flexibility index (Phi) is 4.70. The minimum atomic E-state index is -0.619. The summed E-state index contributed by atoms with van der Waals surface area (Å²) < 4.78 is 24.9. The van der Waals surface area contributed by atoms with Crippen LogP contribution in [0, 0.1) is 12.7 Å². The second-order valence-corrected chi connectivity index (χ2v) is 8.96. The van der Waals surface area contributed by atoms with E-state index in [1.807, 2.05) is 48.8 Å². The van der Waals surface area contributed by atoms with Crippen molar-refractivity contribution in [1.29, 1.82) is 0 Å². The van der Waals surface area contributed by atoms with Gasteiger partial charge in [0.05, 0.1) is 24.4 Å². The Labute approximate surface area is 196 Å². The van der Waals surface area contributed by atoms with E-state index in [2.05, 4.69) is 15.0 Å². The van der Waals surface area contributed by atoms with Gasteiger partial charge in [-0.05, 0) is 32.0 Å². The molecule has 0 N–H and O–H groups in total. The quantitative estimate of drug-likeness (QED) is 0.468. The normalized spacial score (nSPS) is 20.4. The first kappa shape index (κ1) is 20.9. The van der Waals surface area contributed by atoms with Gasteiger partial charge in [0.15, 0.2) is 5.69 Å². The predicted octanol–water partition coefficient (Wildman–Crippen LogP) is 3.49. The largest absolute Gasteiger partial charge is 0.375 e. The van der Waals surface area contributed by atoms with Crippen molar-refractivity contribution in [2.75, 3.05) is 29.5 Å². The fraction of sp³-hybridized carbons (Fsp3) is 0.320. The summed E-state index contributed by atoms with van der Waals surface area (Å²) in [5.74, 6) is -0.595. The van der Waals surface area contributed by atoms with Crippen molar-refractivity contribution in [3.8, 4) is 0 Å². The second-order valence-electron chi connectivity index (χ2n) is 8.96. The van der Waals surface area contributed by atoms with Crippen molar-refractivity contribution in [3.05, 3.63) is 77.3 Å². The zero-order valence-electron chi connectivity index (χ0n) is 19.3. The van der Waals surface area contributed by atoms with Crippen LogP contribution in [0.1, 0.15) is 40.3 Å². The minimum Gasteiger partial charge on any atom is -0.375 e. The van der Waals surface area contributed by atoms with Gasteiger partial charge in [-0.1, -0.05) is 6.07 Å². The molecule has 1 amide bonds. The van der Waals surface area contributed by atoms with Crippen LogP contribution in [-0.4, -0.2) is 50.9 Å². The summed E-state index contributed by atoms with van der Waals surface area (Å²) in [5.41, 5.74) is 4.55. The molecule has 0 aliphatic carbocycles. The molecular weight excluding hydrogens is 435 g/mol. The van der Waals surface area contributed by atoms with Crippen molar-refractivity contribution in [2.24, 2.45) is 7.05 Å². The summed E-state index contributed by atoms with van der Waals surface area (Å²) >= 11 is 0. The number of ether oxygens (including phenoxy) is 1. The second kappa shape index (κ2) is 7.66. The molecule has 1 fully saturated rings. The van der Waals surface area contributed by atoms with E-state index in [4.69, 9.17) is 4.74 Å². The van der Waals surface area contributed by atoms with Crippen LogP contribution in [-0.2, 0) is 11.8 Å². The molecule has 34 heavy (non-hydrogen) atoms. The highest BCUT2D eigenvalue weighted by molar-refractivity contribution is 6.10. The lowest BCUT2D eigenvalue weighted by Gasteiger charge is -2.33. The zero-order valence-corrected chi connectivity index (χ0v) is 19.3. The van der Waals surface area contributed by atoms with Gasteiger partial charge in [0.2, 0.25) is 0 Å². The molecule has 0 radical (unpaired) electrons. The van der Waals surface area contributed by atoms with Crippen LogP contribution in [0.2, 0.25) is 0 Å². The lowest BCUT2D eigenvalue weighted by atomic mass is 9.97. The Bertz CT molecular complexity index is 1430. The summed E-state index contributed by atoms with van der Waals surface area (Å²) in [5, 5.41) is 4.46. The van der Waals surface area contributed by atoms with E-state index in [0.717, 1.165) is 16.9 Å². The average Bonchev–Trinajstić information content (AvgIpc) is 3.48. The number of anilines is 2. The maximum absolute atomic E-state index is 15.8. The van der Waals surface area contributed by atoms with Crippen molar-refractivity contribution < 1.29 is 13.9 Å². The maximum atomic E-state index is 15.8. The summed E-state index contributed by atoms with van der Waals surface area (Å²) in [7, 11) is 1.80. The molecule has 1 unspecified atom stereocenters. The number of imidazole rings is 1. The Morgan fingerprint density at radius 1 is 1.15 bits per heavy atom. The van der Waals surface area contributed by atoms with E-state index in [0.29, 0.717) is 42.3 Å². The topological polar surface area (TPSA) is 67.9 Å². The molecule has 8 nitrogen and oxygen atoms in total. The maximum Gasteiger partial charge on any atom is 0.280 e. The number of morpholine rings is 1. The van der Waals surface area contributed by atoms with Crippen LogP contribution in [0.5, 0.6) is 0 Å². The molecule has 4 aromatic rings. The lowest BCUT2D eigenvalue weighted by molar-refractivity contribution is 0.0532. The van der Waals surface area contributed by atoms with Gasteiger partial charge in [0.25, 0.3) is 5.91 Å². The van der Waals surface area contributed by atoms with E-state index in [1.165, 1.54) is 0 Å². The van der Waals surface area contributed by atoms with Gasteiger partial charge < -0.3 is 14.0 Å². The van der Waals surface area contributed by atoms with Crippen molar-refractivity contribution in [1.82, 2.24) is 19.2 Å². The number of nitrogens with zero attached hydrogens (tertiary/aromatic N) is 6. The van der Waals surface area contributed by atoms with Gasteiger partial charge in [0, 0.05) is 67.3 Å². The number of hydrogen-bond acceptors (Lipinski definition) is 5. The van der Waals surface area contributed by atoms with Crippen LogP contribution in [0.3, 0.4) is 0 Å². The molecule has 2 aliphatic heterocycles. The Hall–Kier alpha value is -3.72. The van der Waals surface area contributed by atoms with Gasteiger partial charge in [-0.3, -0.25) is 14.4 Å². The van der Waals surface area contributed by atoms with Crippen LogP contribution in [0.25, 0.3) is 5.65 Å². The molecule has 1 saturated heterocycles. The van der Waals surface area contributed by atoms with Crippen LogP contribution >= 0.6 is 0 Å². The number of carbonyl (C=O) groups excluding carboxylic acids is 1. The molecule has 174 valence electrons. The molecule has 6 rings (SSSR count). The Morgan fingerprint density at radius 3 is 2.79 bits per heavy atom. The summed E-state index contributed by atoms with van der Waals surface area (Å²) in [6.45, 7) is 5.97. The average molecular weight is 461 g/mol. The van der Waals surface area contributed by atoms with Gasteiger partial charge in [-0.25, -0.2) is 9.37 Å². The number of amides is 1. The molecular formula is C25H25FN6O2. The fourth-order valence-corrected chi connectivity index (χ4v) is 5.07. The molecule has 3 aromatic heterocycles. The molecule has 2 aliphatic rings. The molecule has 0 spiro atoms. The fourth-order valence-electron chi connectivity index (χ4n) is 5.07. The number of hydrogen-bond donors (Lipinski definition) is 0. The standard InChI is InChI=1S/C25H25FN6O2/c1-15-14-31(10-11-34-15)17-4-5-19(20(26)12-17)24-22-16(2)29(3)28-23(22)25(33)32(24)18-6-8-30-9-7-27-21(30)13-18/h4-9,12-13,15,24H,10-11,14H2,1-3H3/t15-,24?/m1/s1. The first-order valence-corrected chi connectivity index (χ1v) is 11.4. The van der Waals surface area contributed by atoms with E-state index in [9.17, 15) is 4.79 Å². The molecule has 2 atom stereocenters. The predicted molar refractivity (Wildman–Crippen MR) is 126 cm³/mol. The van der Waals surface area contributed by atoms with Crippen LogP contribution in [0.4, 0.5) is 15.8 Å². The number of pyridine rings is 1. The van der Waals surface area contributed by atoms with Crippen molar-refractivity contribution in [3.63, 3.8) is 0 Å². The molecule has 9 heteroatoms. The van der Waals surface area contributed by atoms with Gasteiger partial charge in [-0.15, -0.1) is 0 Å². The summed E-state index contributed by atoms with van der Waals surface area (Å²) in [6, 6.07) is 8.37. The van der Waals surface area contributed by atoms with E-state index >= 15 is 4.39 Å². The number of halogens is 1. The molecule has 0 saturated carbocycles. The molecule has 5 heterocycles. The number of carbonyl (C=O) groups is 1. The Morgan fingerprint density at radius 2 is 2.00 bits per heavy atom. The highest BCUT2D eigenvalue weighted by atomic mass is 19.1. The highest BCUT2D eigenvalue weighted by Crippen LogP contribution is 2.44. The highest BCUT2D eigenvalue weighted by Gasteiger charge is 2.44. The third-order valence-corrected chi connectivity index (χ3v) is 6.88. The SMILES string of the molecule is Cc1c2c(nn1C)C(=O)N(c1ccn3ccnc3c1)C2c1ccc(N2CCO[C@H](C)C2)cc1F. The summed E-state index contributed by atoms with van der Waals surface area (Å²) in [4.78, 5) is 21.7. The van der Waals surface area contributed by atoms with E-state index in [1.54, 1.807) is 35.0 Å². The number of rotatable bonds is 3. The van der Waals surface area contributed by atoms with Crippen LogP contribution in [0.15, 0.2) is 48.9 Å². The van der Waals surface area contributed by atoms with Crippen LogP contribution < -0.4 is 9.80 Å². The number of benzene rings is 1. The van der Waals surface area contributed by atoms with Crippen molar-refractivity contribution >= 4 is 22.9 Å². The van der Waals surface area contributed by atoms with Gasteiger partial charge in [-0.2, -0.15) is 5.10 Å². The molecule has 1 aromatic carbocycles. The van der Waals surface area contributed by atoms with E-state index in [-0.39, 0.29) is 17.8 Å². The first-order chi connectivity index (χ1) is 16.4. The van der Waals surface area contributed by atoms with E-state index < -0.39 is 6.04 Å². The number of aryl methyl sites for hydroxylation is 1. The molecule has 0 bridgehead atoms.